The number of hydrogen-bond acceptors (Lipinski definition) is 5. The van der Waals surface area contributed by atoms with Gasteiger partial charge in [0.1, 0.15) is 13.6 Å². The summed E-state index contributed by atoms with van der Waals surface area (Å²) in [5, 5.41) is 19.2. The van der Waals surface area contributed by atoms with Crippen molar-refractivity contribution >= 4 is 0 Å². The molecule has 5 heteroatoms. The molecule has 0 aromatic rings. The number of ether oxygens (including phenoxy) is 3. The normalized spacial score (nSPS) is 19.6. The van der Waals surface area contributed by atoms with Crippen LogP contribution in [0.15, 0.2) is 0 Å². The third kappa shape index (κ3) is 27.1. The molecular weight excluding hydrogens is 512 g/mol. The van der Waals surface area contributed by atoms with Crippen LogP contribution in [0.2, 0.25) is 0 Å². The van der Waals surface area contributed by atoms with Crippen LogP contribution in [0, 0.1) is 47.3 Å². The van der Waals surface area contributed by atoms with Gasteiger partial charge in [0, 0.05) is 13.2 Å². The van der Waals surface area contributed by atoms with Crippen LogP contribution in [0.5, 0.6) is 0 Å². The van der Waals surface area contributed by atoms with Crippen molar-refractivity contribution in [3.8, 4) is 0 Å². The molecule has 10 unspecified atom stereocenters. The first-order valence-corrected chi connectivity index (χ1v) is 17.4. The first kappa shape index (κ1) is 40.8. The van der Waals surface area contributed by atoms with Gasteiger partial charge in [0.15, 0.2) is 0 Å². The zero-order valence-electron chi connectivity index (χ0n) is 29.2. The lowest BCUT2D eigenvalue weighted by Gasteiger charge is -2.23. The highest BCUT2D eigenvalue weighted by Crippen LogP contribution is 2.28. The fourth-order valence-electron chi connectivity index (χ4n) is 7.44. The number of aliphatic hydroxyl groups excluding tert-OH is 2. The summed E-state index contributed by atoms with van der Waals surface area (Å²) in [7, 11) is 0. The van der Waals surface area contributed by atoms with Crippen LogP contribution >= 0.6 is 0 Å². The lowest BCUT2D eigenvalue weighted by molar-refractivity contribution is -0.132. The predicted octanol–water partition coefficient (Wildman–Crippen LogP) is 9.48. The summed E-state index contributed by atoms with van der Waals surface area (Å²) < 4.78 is 16.8. The maximum absolute atomic E-state index is 9.59. The Hall–Kier alpha value is -0.200. The Labute approximate surface area is 256 Å². The molecule has 5 nitrogen and oxygen atoms in total. The molecule has 0 saturated heterocycles. The first-order valence-electron chi connectivity index (χ1n) is 17.4. The SMILES string of the molecule is CC(O)CC(C)CC(C)CC(C)CC(C)CCCOCOCOCCCC(C)CC(C)CC(C)CC(C)CC(C)O. The van der Waals surface area contributed by atoms with E-state index in [2.05, 4.69) is 55.4 Å². The zero-order chi connectivity index (χ0) is 31.2. The zero-order valence-corrected chi connectivity index (χ0v) is 29.2. The third-order valence-electron chi connectivity index (χ3n) is 8.62. The Kier molecular flexibility index (Phi) is 25.0. The van der Waals surface area contributed by atoms with E-state index >= 15 is 0 Å². The molecule has 0 aliphatic carbocycles. The standard InChI is InChI=1S/C36H74O5/c1-27(17-29(3)19-31(5)21-33(7)23-35(9)37)13-11-15-39-25-41-26-40-16-12-14-28(2)18-30(4)20-32(6)22-34(8)24-36(10)38/h27-38H,11-26H2,1-10H3. The van der Waals surface area contributed by atoms with Crippen molar-refractivity contribution < 1.29 is 24.4 Å². The van der Waals surface area contributed by atoms with Gasteiger partial charge in [0.05, 0.1) is 12.2 Å². The highest BCUT2D eigenvalue weighted by Gasteiger charge is 2.17. The summed E-state index contributed by atoms with van der Waals surface area (Å²) in [6, 6.07) is 0. The molecule has 0 radical (unpaired) electrons. The molecule has 0 aliphatic rings. The smallest absolute Gasteiger partial charge is 0.149 e. The maximum atomic E-state index is 9.59. The van der Waals surface area contributed by atoms with Crippen LogP contribution in [0.4, 0.5) is 0 Å². The molecule has 0 aromatic carbocycles. The van der Waals surface area contributed by atoms with Crippen LogP contribution in [-0.4, -0.2) is 49.2 Å². The quantitative estimate of drug-likeness (QED) is 0.0706. The Bertz CT molecular complexity index is 520. The topological polar surface area (TPSA) is 68.2 Å². The van der Waals surface area contributed by atoms with E-state index in [9.17, 15) is 10.2 Å². The highest BCUT2D eigenvalue weighted by atomic mass is 16.7. The van der Waals surface area contributed by atoms with E-state index in [1.165, 1.54) is 51.4 Å². The summed E-state index contributed by atoms with van der Waals surface area (Å²) in [4.78, 5) is 0. The van der Waals surface area contributed by atoms with Crippen molar-refractivity contribution in [3.63, 3.8) is 0 Å². The Morgan fingerprint density at radius 2 is 0.634 bits per heavy atom. The molecule has 248 valence electrons. The van der Waals surface area contributed by atoms with Crippen molar-refractivity contribution in [2.24, 2.45) is 47.3 Å². The van der Waals surface area contributed by atoms with E-state index in [-0.39, 0.29) is 12.2 Å². The van der Waals surface area contributed by atoms with Crippen molar-refractivity contribution in [1.82, 2.24) is 0 Å². The molecule has 10 atom stereocenters. The molecule has 41 heavy (non-hydrogen) atoms. The van der Waals surface area contributed by atoms with E-state index in [0.29, 0.717) is 25.4 Å². The van der Waals surface area contributed by atoms with Gasteiger partial charge >= 0.3 is 0 Å². The van der Waals surface area contributed by atoms with Gasteiger partial charge in [-0.2, -0.15) is 0 Å². The molecule has 0 heterocycles. The molecule has 0 rings (SSSR count). The van der Waals surface area contributed by atoms with E-state index < -0.39 is 0 Å². The van der Waals surface area contributed by atoms with Crippen molar-refractivity contribution in [1.29, 1.82) is 0 Å². The molecule has 0 spiro atoms. The van der Waals surface area contributed by atoms with Crippen LogP contribution in [0.25, 0.3) is 0 Å². The number of aliphatic hydroxyl groups is 2. The fourth-order valence-corrected chi connectivity index (χ4v) is 7.44. The van der Waals surface area contributed by atoms with Gasteiger partial charge < -0.3 is 24.4 Å². The van der Waals surface area contributed by atoms with Gasteiger partial charge in [-0.05, 0) is 138 Å². The van der Waals surface area contributed by atoms with E-state index in [1.807, 2.05) is 13.8 Å². The summed E-state index contributed by atoms with van der Waals surface area (Å²) >= 11 is 0. The third-order valence-corrected chi connectivity index (χ3v) is 8.62. The molecule has 0 aliphatic heterocycles. The monoisotopic (exact) mass is 587 g/mol. The fraction of sp³-hybridized carbons (Fsp3) is 1.00. The molecule has 0 aromatic heterocycles. The number of rotatable bonds is 28. The minimum Gasteiger partial charge on any atom is -0.393 e. The molecule has 0 amide bonds. The van der Waals surface area contributed by atoms with Gasteiger partial charge in [0.2, 0.25) is 0 Å². The predicted molar refractivity (Wildman–Crippen MR) is 175 cm³/mol. The highest BCUT2D eigenvalue weighted by molar-refractivity contribution is 4.69. The lowest BCUT2D eigenvalue weighted by atomic mass is 9.83. The number of hydrogen-bond donors (Lipinski definition) is 2. The van der Waals surface area contributed by atoms with Gasteiger partial charge in [-0.1, -0.05) is 55.4 Å². The Morgan fingerprint density at radius 1 is 0.366 bits per heavy atom. The molecule has 0 saturated carbocycles. The largest absolute Gasteiger partial charge is 0.393 e. The van der Waals surface area contributed by atoms with E-state index in [0.717, 1.165) is 74.4 Å². The van der Waals surface area contributed by atoms with Crippen LogP contribution < -0.4 is 0 Å². The maximum Gasteiger partial charge on any atom is 0.149 e. The minimum atomic E-state index is -0.185. The molecule has 0 bridgehead atoms. The lowest BCUT2D eigenvalue weighted by Crippen LogP contribution is -2.13. The summed E-state index contributed by atoms with van der Waals surface area (Å²) in [5.74, 6) is 5.58. The van der Waals surface area contributed by atoms with Crippen molar-refractivity contribution in [2.45, 2.75) is 158 Å². The van der Waals surface area contributed by atoms with Crippen LogP contribution in [0.3, 0.4) is 0 Å². The second-order valence-electron chi connectivity index (χ2n) is 15.0. The van der Waals surface area contributed by atoms with Crippen molar-refractivity contribution in [3.05, 3.63) is 0 Å². The molecule has 2 N–H and O–H groups in total. The second-order valence-corrected chi connectivity index (χ2v) is 15.0. The minimum absolute atomic E-state index is 0.185. The molecule has 0 fully saturated rings. The summed E-state index contributed by atoms with van der Waals surface area (Å²) in [5.41, 5.74) is 0. The molecular formula is C36H74O5. The average molecular weight is 587 g/mol. The van der Waals surface area contributed by atoms with Crippen LogP contribution in [0.1, 0.15) is 146 Å². The average Bonchev–Trinajstić information content (AvgIpc) is 2.80. The van der Waals surface area contributed by atoms with Gasteiger partial charge in [-0.25, -0.2) is 0 Å². The second kappa shape index (κ2) is 25.2. The van der Waals surface area contributed by atoms with Crippen molar-refractivity contribution in [2.75, 3.05) is 26.8 Å². The van der Waals surface area contributed by atoms with Gasteiger partial charge in [-0.15, -0.1) is 0 Å². The van der Waals surface area contributed by atoms with Gasteiger partial charge in [-0.3, -0.25) is 0 Å². The summed E-state index contributed by atoms with van der Waals surface area (Å²) in [6.45, 7) is 24.7. The Morgan fingerprint density at radius 3 is 0.927 bits per heavy atom. The van der Waals surface area contributed by atoms with Gasteiger partial charge in [0.25, 0.3) is 0 Å². The van der Waals surface area contributed by atoms with Crippen LogP contribution in [-0.2, 0) is 14.2 Å². The Balaban J connectivity index is 3.67. The van der Waals surface area contributed by atoms with E-state index in [1.54, 1.807) is 0 Å². The first-order chi connectivity index (χ1) is 19.3. The van der Waals surface area contributed by atoms with E-state index in [4.69, 9.17) is 14.2 Å². The summed E-state index contributed by atoms with van der Waals surface area (Å²) in [6.07, 6.45) is 13.6.